The molecular formula is C28H52O6. The van der Waals surface area contributed by atoms with Crippen molar-refractivity contribution in [3.05, 3.63) is 0 Å². The summed E-state index contributed by atoms with van der Waals surface area (Å²) in [6.07, 6.45) is 21.7. The van der Waals surface area contributed by atoms with Crippen LogP contribution in [0.15, 0.2) is 0 Å². The molecule has 34 heavy (non-hydrogen) atoms. The highest BCUT2D eigenvalue weighted by Crippen LogP contribution is 2.16. The van der Waals surface area contributed by atoms with E-state index in [0.717, 1.165) is 51.4 Å². The van der Waals surface area contributed by atoms with E-state index in [9.17, 15) is 14.4 Å². The molecule has 1 aliphatic rings. The fourth-order valence-electron chi connectivity index (χ4n) is 4.04. The first-order valence-corrected chi connectivity index (χ1v) is 13.8. The standard InChI is InChI=1S/C15H28O2.C13H24O4/c1-14-10-8-6-4-2-3-5-7-9-11-15(16)17-13-12-14;1-16-12(14)10-8-6-4-3-5-7-9-11-13(15)17-2/h14H,2-13H2,1H3;3-11H2,1-2H3. The number of ether oxygens (including phenoxy) is 3. The molecule has 200 valence electrons. The highest BCUT2D eigenvalue weighted by Gasteiger charge is 2.07. The van der Waals surface area contributed by atoms with Gasteiger partial charge in [-0.15, -0.1) is 0 Å². The van der Waals surface area contributed by atoms with Gasteiger partial charge < -0.3 is 14.2 Å². The summed E-state index contributed by atoms with van der Waals surface area (Å²) < 4.78 is 14.4. The Labute approximate surface area is 208 Å². The van der Waals surface area contributed by atoms with Crippen LogP contribution >= 0.6 is 0 Å². The van der Waals surface area contributed by atoms with Crippen LogP contribution in [0.5, 0.6) is 0 Å². The molecule has 1 fully saturated rings. The summed E-state index contributed by atoms with van der Waals surface area (Å²) in [6.45, 7) is 2.89. The molecular weight excluding hydrogens is 432 g/mol. The lowest BCUT2D eigenvalue weighted by molar-refractivity contribution is -0.144. The lowest BCUT2D eigenvalue weighted by atomic mass is 9.99. The van der Waals surface area contributed by atoms with E-state index in [-0.39, 0.29) is 17.9 Å². The summed E-state index contributed by atoms with van der Waals surface area (Å²) in [5, 5.41) is 0. The minimum absolute atomic E-state index is 0.00655. The Morgan fingerprint density at radius 1 is 0.706 bits per heavy atom. The van der Waals surface area contributed by atoms with Crippen LogP contribution < -0.4 is 0 Å². The Morgan fingerprint density at radius 3 is 1.65 bits per heavy atom. The van der Waals surface area contributed by atoms with E-state index in [1.807, 2.05) is 0 Å². The van der Waals surface area contributed by atoms with Crippen molar-refractivity contribution in [2.24, 2.45) is 5.92 Å². The normalized spacial score (nSPS) is 18.3. The monoisotopic (exact) mass is 484 g/mol. The Bertz CT molecular complexity index is 483. The van der Waals surface area contributed by atoms with Gasteiger partial charge in [-0.25, -0.2) is 0 Å². The van der Waals surface area contributed by atoms with Gasteiger partial charge in [-0.2, -0.15) is 0 Å². The maximum atomic E-state index is 11.4. The lowest BCUT2D eigenvalue weighted by Crippen LogP contribution is -2.08. The predicted octanol–water partition coefficient (Wildman–Crippen LogP) is 7.31. The molecule has 0 amide bonds. The van der Waals surface area contributed by atoms with Crippen LogP contribution in [-0.4, -0.2) is 38.7 Å². The zero-order valence-electron chi connectivity index (χ0n) is 22.4. The minimum atomic E-state index is -0.122. The molecule has 0 aromatic carbocycles. The highest BCUT2D eigenvalue weighted by atomic mass is 16.5. The van der Waals surface area contributed by atoms with Crippen molar-refractivity contribution < 1.29 is 28.6 Å². The van der Waals surface area contributed by atoms with E-state index < -0.39 is 0 Å². The SMILES string of the molecule is CC1CCCCCCCCCCC(=O)OCC1.COC(=O)CCCCCCCCCC(=O)OC. The Kier molecular flexibility index (Phi) is 23.4. The number of rotatable bonds is 10. The Morgan fingerprint density at radius 2 is 1.15 bits per heavy atom. The van der Waals surface area contributed by atoms with Crippen molar-refractivity contribution in [1.29, 1.82) is 0 Å². The van der Waals surface area contributed by atoms with E-state index in [1.165, 1.54) is 72.0 Å². The number of carbonyl (C=O) groups is 3. The average molecular weight is 485 g/mol. The first-order chi connectivity index (χ1) is 16.5. The van der Waals surface area contributed by atoms with E-state index in [0.29, 0.717) is 31.8 Å². The molecule has 0 aromatic heterocycles. The predicted molar refractivity (Wildman–Crippen MR) is 136 cm³/mol. The average Bonchev–Trinajstić information content (AvgIpc) is 2.84. The molecule has 0 N–H and O–H groups in total. The maximum absolute atomic E-state index is 11.4. The maximum Gasteiger partial charge on any atom is 0.305 e. The van der Waals surface area contributed by atoms with Gasteiger partial charge in [0.05, 0.1) is 20.8 Å². The fourth-order valence-corrected chi connectivity index (χ4v) is 4.04. The number of hydrogen-bond acceptors (Lipinski definition) is 6. The number of cyclic esters (lactones) is 1. The largest absolute Gasteiger partial charge is 0.469 e. The van der Waals surface area contributed by atoms with E-state index in [1.54, 1.807) is 0 Å². The molecule has 0 radical (unpaired) electrons. The summed E-state index contributed by atoms with van der Waals surface area (Å²) in [6, 6.07) is 0. The Balaban J connectivity index is 0.000000641. The third-order valence-electron chi connectivity index (χ3n) is 6.42. The van der Waals surface area contributed by atoms with Crippen LogP contribution in [0.4, 0.5) is 0 Å². The van der Waals surface area contributed by atoms with E-state index >= 15 is 0 Å². The van der Waals surface area contributed by atoms with Gasteiger partial charge in [-0.05, 0) is 31.6 Å². The third-order valence-corrected chi connectivity index (χ3v) is 6.42. The zero-order valence-corrected chi connectivity index (χ0v) is 22.4. The van der Waals surface area contributed by atoms with Gasteiger partial charge in [-0.1, -0.05) is 90.4 Å². The van der Waals surface area contributed by atoms with Gasteiger partial charge >= 0.3 is 17.9 Å². The number of carbonyl (C=O) groups excluding carboxylic acids is 3. The second-order valence-corrected chi connectivity index (χ2v) is 9.61. The quantitative estimate of drug-likeness (QED) is 0.184. The second-order valence-electron chi connectivity index (χ2n) is 9.61. The molecule has 0 saturated carbocycles. The summed E-state index contributed by atoms with van der Waals surface area (Å²) in [5.74, 6) is 0.464. The summed E-state index contributed by atoms with van der Waals surface area (Å²) >= 11 is 0. The molecule has 0 bridgehead atoms. The summed E-state index contributed by atoms with van der Waals surface area (Å²) in [7, 11) is 2.84. The molecule has 1 aliphatic heterocycles. The van der Waals surface area contributed by atoms with E-state index in [4.69, 9.17) is 4.74 Å². The van der Waals surface area contributed by atoms with Crippen LogP contribution in [0.25, 0.3) is 0 Å². The first-order valence-electron chi connectivity index (χ1n) is 13.8. The second kappa shape index (κ2) is 24.5. The molecule has 0 spiro atoms. The molecule has 0 aliphatic carbocycles. The molecule has 1 unspecified atom stereocenters. The minimum Gasteiger partial charge on any atom is -0.469 e. The summed E-state index contributed by atoms with van der Waals surface area (Å²) in [4.78, 5) is 33.0. The van der Waals surface area contributed by atoms with E-state index in [2.05, 4.69) is 16.4 Å². The van der Waals surface area contributed by atoms with Crippen LogP contribution in [0, 0.1) is 5.92 Å². The van der Waals surface area contributed by atoms with Crippen LogP contribution in [0.3, 0.4) is 0 Å². The number of unbranched alkanes of at least 4 members (excludes halogenated alkanes) is 6. The molecule has 1 heterocycles. The third kappa shape index (κ3) is 23.6. The van der Waals surface area contributed by atoms with Crippen LogP contribution in [0.2, 0.25) is 0 Å². The fraction of sp³-hybridized carbons (Fsp3) is 0.893. The zero-order chi connectivity index (χ0) is 25.3. The lowest BCUT2D eigenvalue weighted by Gasteiger charge is -2.11. The first kappa shape index (κ1) is 32.4. The molecule has 1 saturated heterocycles. The van der Waals surface area contributed by atoms with Gasteiger partial charge in [0.2, 0.25) is 0 Å². The van der Waals surface area contributed by atoms with Gasteiger partial charge in [-0.3, -0.25) is 14.4 Å². The van der Waals surface area contributed by atoms with Gasteiger partial charge in [0.1, 0.15) is 0 Å². The van der Waals surface area contributed by atoms with Crippen molar-refractivity contribution in [3.8, 4) is 0 Å². The summed E-state index contributed by atoms with van der Waals surface area (Å²) in [5.41, 5.74) is 0. The molecule has 1 rings (SSSR count). The molecule has 1 atom stereocenters. The van der Waals surface area contributed by atoms with Crippen LogP contribution in [-0.2, 0) is 28.6 Å². The number of methoxy groups -OCH3 is 2. The smallest absolute Gasteiger partial charge is 0.305 e. The number of hydrogen-bond donors (Lipinski definition) is 0. The highest BCUT2D eigenvalue weighted by molar-refractivity contribution is 5.69. The van der Waals surface area contributed by atoms with Crippen LogP contribution in [0.1, 0.15) is 135 Å². The van der Waals surface area contributed by atoms with Crippen molar-refractivity contribution in [1.82, 2.24) is 0 Å². The van der Waals surface area contributed by atoms with Crippen molar-refractivity contribution in [2.45, 2.75) is 135 Å². The van der Waals surface area contributed by atoms with Crippen molar-refractivity contribution in [3.63, 3.8) is 0 Å². The molecule has 0 aromatic rings. The van der Waals surface area contributed by atoms with Crippen molar-refractivity contribution >= 4 is 17.9 Å². The number of esters is 3. The van der Waals surface area contributed by atoms with Gasteiger partial charge in [0.15, 0.2) is 0 Å². The Hall–Kier alpha value is -1.59. The van der Waals surface area contributed by atoms with Gasteiger partial charge in [0, 0.05) is 19.3 Å². The molecule has 6 heteroatoms. The van der Waals surface area contributed by atoms with Crippen molar-refractivity contribution in [2.75, 3.05) is 20.8 Å². The topological polar surface area (TPSA) is 78.9 Å². The molecule has 6 nitrogen and oxygen atoms in total. The van der Waals surface area contributed by atoms with Gasteiger partial charge in [0.25, 0.3) is 0 Å².